The number of carboxylic acid groups (broad SMARTS) is 1. The summed E-state index contributed by atoms with van der Waals surface area (Å²) in [6.07, 6.45) is 7.87. The first-order chi connectivity index (χ1) is 15.0. The SMILES string of the molecule is COC(=Nc1ccccc1C(=O)O)c1ccc(OC)c(C23CC4CC(CC(C4)C2)C3)c1. The van der Waals surface area contributed by atoms with E-state index < -0.39 is 5.97 Å². The Balaban J connectivity index is 1.58. The number of methoxy groups -OCH3 is 2. The molecule has 4 aliphatic carbocycles. The van der Waals surface area contributed by atoms with Gasteiger partial charge in [0, 0.05) is 11.1 Å². The maximum atomic E-state index is 11.6. The summed E-state index contributed by atoms with van der Waals surface area (Å²) in [5.74, 6) is 2.85. The van der Waals surface area contributed by atoms with E-state index in [1.54, 1.807) is 38.5 Å². The molecule has 162 valence electrons. The molecular formula is C26H29NO4. The first-order valence-corrected chi connectivity index (χ1v) is 11.1. The van der Waals surface area contributed by atoms with Crippen molar-refractivity contribution in [1.29, 1.82) is 0 Å². The first kappa shape index (κ1) is 20.1. The van der Waals surface area contributed by atoms with Crippen molar-refractivity contribution >= 4 is 17.6 Å². The molecule has 4 bridgehead atoms. The molecule has 0 aromatic heterocycles. The minimum absolute atomic E-state index is 0.159. The third kappa shape index (κ3) is 3.50. The van der Waals surface area contributed by atoms with Gasteiger partial charge in [0.1, 0.15) is 5.75 Å². The first-order valence-electron chi connectivity index (χ1n) is 11.1. The fraction of sp³-hybridized carbons (Fsp3) is 0.462. The lowest BCUT2D eigenvalue weighted by Crippen LogP contribution is -2.48. The number of hydrogen-bond donors (Lipinski definition) is 1. The minimum Gasteiger partial charge on any atom is -0.496 e. The van der Waals surface area contributed by atoms with Crippen LogP contribution in [0.3, 0.4) is 0 Å². The number of benzene rings is 2. The zero-order valence-electron chi connectivity index (χ0n) is 18.1. The topological polar surface area (TPSA) is 68.1 Å². The molecule has 4 fully saturated rings. The molecule has 31 heavy (non-hydrogen) atoms. The maximum absolute atomic E-state index is 11.6. The monoisotopic (exact) mass is 419 g/mol. The summed E-state index contributed by atoms with van der Waals surface area (Å²) in [4.78, 5) is 16.2. The van der Waals surface area contributed by atoms with Crippen molar-refractivity contribution in [2.75, 3.05) is 14.2 Å². The average Bonchev–Trinajstić information content (AvgIpc) is 2.76. The van der Waals surface area contributed by atoms with Crippen LogP contribution in [0.1, 0.15) is 60.0 Å². The van der Waals surface area contributed by atoms with Crippen molar-refractivity contribution in [1.82, 2.24) is 0 Å². The second-order valence-electron chi connectivity index (χ2n) is 9.56. The second kappa shape index (κ2) is 7.70. The Labute approximate surface area is 183 Å². The molecular weight excluding hydrogens is 390 g/mol. The van der Waals surface area contributed by atoms with Crippen LogP contribution < -0.4 is 4.74 Å². The molecule has 4 aliphatic rings. The highest BCUT2D eigenvalue weighted by molar-refractivity contribution is 5.99. The standard InChI is InChI=1S/C26H29NO4/c1-30-23-8-7-19(24(31-2)27-22-6-4-3-5-20(22)25(28)29)12-21(23)26-13-16-9-17(14-26)11-18(10-16)15-26/h3-8,12,16-18H,9-11,13-15H2,1-2H3,(H,28,29). The van der Waals surface area contributed by atoms with Crippen LogP contribution in [0.25, 0.3) is 0 Å². The van der Waals surface area contributed by atoms with Crippen molar-refractivity contribution < 1.29 is 19.4 Å². The smallest absolute Gasteiger partial charge is 0.337 e. The molecule has 1 N–H and O–H groups in total. The fourth-order valence-corrected chi connectivity index (χ4v) is 6.79. The fourth-order valence-electron chi connectivity index (χ4n) is 6.79. The maximum Gasteiger partial charge on any atom is 0.337 e. The van der Waals surface area contributed by atoms with E-state index in [-0.39, 0.29) is 11.0 Å². The van der Waals surface area contributed by atoms with Crippen molar-refractivity contribution in [2.45, 2.75) is 43.9 Å². The molecule has 0 atom stereocenters. The molecule has 5 heteroatoms. The zero-order chi connectivity index (χ0) is 21.6. The van der Waals surface area contributed by atoms with Gasteiger partial charge in [-0.1, -0.05) is 12.1 Å². The van der Waals surface area contributed by atoms with E-state index in [4.69, 9.17) is 9.47 Å². The van der Waals surface area contributed by atoms with Crippen LogP contribution in [-0.2, 0) is 10.2 Å². The van der Waals surface area contributed by atoms with Gasteiger partial charge in [0.25, 0.3) is 0 Å². The van der Waals surface area contributed by atoms with Gasteiger partial charge < -0.3 is 14.6 Å². The number of carbonyl (C=O) groups is 1. The Morgan fingerprint density at radius 2 is 1.65 bits per heavy atom. The Bertz CT molecular complexity index is 1010. The van der Waals surface area contributed by atoms with Gasteiger partial charge in [-0.25, -0.2) is 9.79 Å². The average molecular weight is 420 g/mol. The number of nitrogens with zero attached hydrogens (tertiary/aromatic N) is 1. The van der Waals surface area contributed by atoms with E-state index in [1.165, 1.54) is 44.1 Å². The van der Waals surface area contributed by atoms with Gasteiger partial charge in [0.2, 0.25) is 5.90 Å². The van der Waals surface area contributed by atoms with E-state index >= 15 is 0 Å². The summed E-state index contributed by atoms with van der Waals surface area (Å²) in [6.45, 7) is 0. The van der Waals surface area contributed by atoms with E-state index in [2.05, 4.69) is 11.1 Å². The highest BCUT2D eigenvalue weighted by Crippen LogP contribution is 2.61. The van der Waals surface area contributed by atoms with Crippen LogP contribution in [-0.4, -0.2) is 31.2 Å². The third-order valence-electron chi connectivity index (χ3n) is 7.61. The predicted molar refractivity (Wildman–Crippen MR) is 119 cm³/mol. The van der Waals surface area contributed by atoms with Gasteiger partial charge in [-0.3, -0.25) is 0 Å². The molecule has 2 aromatic rings. The molecule has 6 rings (SSSR count). The molecule has 2 aromatic carbocycles. The van der Waals surface area contributed by atoms with Crippen LogP contribution in [0, 0.1) is 17.8 Å². The van der Waals surface area contributed by atoms with Crippen LogP contribution in [0.15, 0.2) is 47.5 Å². The summed E-state index contributed by atoms with van der Waals surface area (Å²) in [5, 5.41) is 9.50. The lowest BCUT2D eigenvalue weighted by Gasteiger charge is -2.57. The van der Waals surface area contributed by atoms with E-state index in [0.717, 1.165) is 29.1 Å². The Morgan fingerprint density at radius 3 is 2.23 bits per heavy atom. The molecule has 0 spiro atoms. The third-order valence-corrected chi connectivity index (χ3v) is 7.61. The van der Waals surface area contributed by atoms with Crippen molar-refractivity contribution in [3.63, 3.8) is 0 Å². The summed E-state index contributed by atoms with van der Waals surface area (Å²) >= 11 is 0. The summed E-state index contributed by atoms with van der Waals surface area (Å²) in [7, 11) is 3.32. The van der Waals surface area contributed by atoms with Crippen LogP contribution >= 0.6 is 0 Å². The molecule has 0 heterocycles. The van der Waals surface area contributed by atoms with Crippen LogP contribution in [0.4, 0.5) is 5.69 Å². The highest BCUT2D eigenvalue weighted by atomic mass is 16.5. The zero-order valence-corrected chi connectivity index (χ0v) is 18.1. The van der Waals surface area contributed by atoms with Gasteiger partial charge >= 0.3 is 5.97 Å². The molecule has 4 saturated carbocycles. The van der Waals surface area contributed by atoms with Crippen LogP contribution in [0.2, 0.25) is 0 Å². The highest BCUT2D eigenvalue weighted by Gasteiger charge is 2.52. The lowest BCUT2D eigenvalue weighted by molar-refractivity contribution is -0.00616. The Hall–Kier alpha value is -2.82. The van der Waals surface area contributed by atoms with Gasteiger partial charge in [0.05, 0.1) is 25.5 Å². The van der Waals surface area contributed by atoms with E-state index in [0.29, 0.717) is 11.6 Å². The van der Waals surface area contributed by atoms with Crippen LogP contribution in [0.5, 0.6) is 5.75 Å². The van der Waals surface area contributed by atoms with Crippen molar-refractivity contribution in [3.8, 4) is 5.75 Å². The Morgan fingerprint density at radius 1 is 1.00 bits per heavy atom. The predicted octanol–water partition coefficient (Wildman–Crippen LogP) is 5.59. The molecule has 0 amide bonds. The largest absolute Gasteiger partial charge is 0.496 e. The van der Waals surface area contributed by atoms with Crippen molar-refractivity contribution in [2.24, 2.45) is 22.7 Å². The van der Waals surface area contributed by atoms with E-state index in [9.17, 15) is 9.90 Å². The van der Waals surface area contributed by atoms with Gasteiger partial charge in [0.15, 0.2) is 0 Å². The molecule has 0 unspecified atom stereocenters. The lowest BCUT2D eigenvalue weighted by atomic mass is 9.48. The van der Waals surface area contributed by atoms with Gasteiger partial charge in [-0.2, -0.15) is 0 Å². The number of rotatable bonds is 5. The second-order valence-corrected chi connectivity index (χ2v) is 9.56. The number of hydrogen-bond acceptors (Lipinski definition) is 4. The molecule has 0 aliphatic heterocycles. The molecule has 0 saturated heterocycles. The van der Waals surface area contributed by atoms with Gasteiger partial charge in [-0.05, 0) is 92.0 Å². The van der Waals surface area contributed by atoms with Crippen molar-refractivity contribution in [3.05, 3.63) is 59.2 Å². The Kier molecular flexibility index (Phi) is 4.99. The quantitative estimate of drug-likeness (QED) is 0.507. The number of para-hydroxylation sites is 1. The number of aromatic carboxylic acids is 1. The summed E-state index contributed by atoms with van der Waals surface area (Å²) in [6, 6.07) is 12.9. The number of aliphatic imine (C=N–C) groups is 1. The number of carboxylic acids is 1. The molecule has 0 radical (unpaired) electrons. The normalized spacial score (nSPS) is 29.1. The summed E-state index contributed by atoms with van der Waals surface area (Å²) in [5.41, 5.74) is 2.84. The minimum atomic E-state index is -1.00. The van der Waals surface area contributed by atoms with E-state index in [1.807, 2.05) is 12.1 Å². The molecule has 5 nitrogen and oxygen atoms in total. The number of ether oxygens (including phenoxy) is 2. The van der Waals surface area contributed by atoms with Gasteiger partial charge in [-0.15, -0.1) is 0 Å². The summed E-state index contributed by atoms with van der Waals surface area (Å²) < 4.78 is 11.5.